The summed E-state index contributed by atoms with van der Waals surface area (Å²) in [5, 5.41) is 13.0. The lowest BCUT2D eigenvalue weighted by molar-refractivity contribution is 0.283. The van der Waals surface area contributed by atoms with Gasteiger partial charge in [0.1, 0.15) is 6.61 Å². The lowest BCUT2D eigenvalue weighted by Gasteiger charge is -2.09. The van der Waals surface area contributed by atoms with E-state index >= 15 is 0 Å². The first-order valence-corrected chi connectivity index (χ1v) is 6.64. The molecule has 1 aromatic carbocycles. The average Bonchev–Trinajstić information content (AvgIpc) is 3.04. The van der Waals surface area contributed by atoms with Crippen molar-refractivity contribution in [1.29, 1.82) is 5.26 Å². The van der Waals surface area contributed by atoms with Crippen LogP contribution in [0.1, 0.15) is 11.1 Å². The second-order valence-electron chi connectivity index (χ2n) is 4.63. The predicted molar refractivity (Wildman–Crippen MR) is 76.8 cm³/mol. The van der Waals surface area contributed by atoms with Gasteiger partial charge in [0.15, 0.2) is 17.5 Å². The first kappa shape index (κ1) is 14.7. The fraction of sp³-hybridized carbons (Fsp3) is 0.0625. The Morgan fingerprint density at radius 1 is 1.09 bits per heavy atom. The number of ether oxygens (including phenoxy) is 1. The highest BCUT2D eigenvalue weighted by molar-refractivity contribution is 5.37. The molecule has 2 aromatic heterocycles. The third-order valence-electron chi connectivity index (χ3n) is 3.07. The SMILES string of the molecule is N#Cc1ccnc(-n2nccc2OCc2ccc(F)c(F)c2)c1. The van der Waals surface area contributed by atoms with E-state index in [1.807, 2.05) is 6.07 Å². The number of aromatic nitrogens is 3. The maximum Gasteiger partial charge on any atom is 0.218 e. The van der Waals surface area contributed by atoms with E-state index in [2.05, 4.69) is 10.1 Å². The van der Waals surface area contributed by atoms with Gasteiger partial charge in [0.05, 0.1) is 17.8 Å². The molecule has 3 rings (SSSR count). The monoisotopic (exact) mass is 312 g/mol. The van der Waals surface area contributed by atoms with Gasteiger partial charge in [-0.05, 0) is 23.8 Å². The molecular formula is C16H10F2N4O. The van der Waals surface area contributed by atoms with Gasteiger partial charge in [-0.15, -0.1) is 0 Å². The van der Waals surface area contributed by atoms with E-state index in [1.165, 1.54) is 23.1 Å². The summed E-state index contributed by atoms with van der Waals surface area (Å²) < 4.78 is 33.1. The van der Waals surface area contributed by atoms with E-state index in [0.717, 1.165) is 12.1 Å². The molecule has 7 heteroatoms. The van der Waals surface area contributed by atoms with Crippen LogP contribution in [0, 0.1) is 23.0 Å². The van der Waals surface area contributed by atoms with Crippen LogP contribution < -0.4 is 4.74 Å². The van der Waals surface area contributed by atoms with Crippen molar-refractivity contribution in [3.63, 3.8) is 0 Å². The second kappa shape index (κ2) is 6.23. The zero-order chi connectivity index (χ0) is 16.2. The molecule has 114 valence electrons. The van der Waals surface area contributed by atoms with E-state index in [9.17, 15) is 8.78 Å². The molecule has 23 heavy (non-hydrogen) atoms. The predicted octanol–water partition coefficient (Wildman–Crippen LogP) is 3.00. The Hall–Kier alpha value is -3.27. The van der Waals surface area contributed by atoms with Crippen molar-refractivity contribution >= 4 is 0 Å². The van der Waals surface area contributed by atoms with E-state index < -0.39 is 11.6 Å². The molecule has 0 unspecified atom stereocenters. The lowest BCUT2D eigenvalue weighted by atomic mass is 10.2. The van der Waals surface area contributed by atoms with Gasteiger partial charge in [0.25, 0.3) is 0 Å². The molecule has 0 aliphatic carbocycles. The molecule has 0 radical (unpaired) electrons. The van der Waals surface area contributed by atoms with E-state index in [4.69, 9.17) is 10.00 Å². The molecule has 3 aromatic rings. The molecule has 0 amide bonds. The molecular weight excluding hydrogens is 302 g/mol. The van der Waals surface area contributed by atoms with E-state index in [0.29, 0.717) is 22.8 Å². The Morgan fingerprint density at radius 3 is 2.74 bits per heavy atom. The highest BCUT2D eigenvalue weighted by Crippen LogP contribution is 2.18. The first-order chi connectivity index (χ1) is 11.2. The molecule has 0 spiro atoms. The summed E-state index contributed by atoms with van der Waals surface area (Å²) in [6, 6.07) is 10.3. The summed E-state index contributed by atoms with van der Waals surface area (Å²) in [6.07, 6.45) is 3.01. The lowest BCUT2D eigenvalue weighted by Crippen LogP contribution is -2.05. The van der Waals surface area contributed by atoms with E-state index in [1.54, 1.807) is 18.2 Å². The largest absolute Gasteiger partial charge is 0.473 e. The minimum atomic E-state index is -0.928. The Morgan fingerprint density at radius 2 is 1.96 bits per heavy atom. The van der Waals surface area contributed by atoms with Crippen molar-refractivity contribution in [1.82, 2.24) is 14.8 Å². The number of rotatable bonds is 4. The van der Waals surface area contributed by atoms with Crippen LogP contribution in [0.25, 0.3) is 5.82 Å². The second-order valence-corrected chi connectivity index (χ2v) is 4.63. The molecule has 0 saturated carbocycles. The highest BCUT2D eigenvalue weighted by atomic mass is 19.2. The van der Waals surface area contributed by atoms with Crippen LogP contribution in [0.5, 0.6) is 5.88 Å². The number of pyridine rings is 1. The van der Waals surface area contributed by atoms with Crippen LogP contribution in [0.15, 0.2) is 48.8 Å². The molecule has 0 fully saturated rings. The van der Waals surface area contributed by atoms with Crippen molar-refractivity contribution in [2.24, 2.45) is 0 Å². The highest BCUT2D eigenvalue weighted by Gasteiger charge is 2.09. The van der Waals surface area contributed by atoms with Crippen LogP contribution in [0.3, 0.4) is 0 Å². The Labute approximate surface area is 130 Å². The van der Waals surface area contributed by atoms with Gasteiger partial charge in [-0.1, -0.05) is 6.07 Å². The summed E-state index contributed by atoms with van der Waals surface area (Å²) in [4.78, 5) is 4.13. The van der Waals surface area contributed by atoms with Crippen LogP contribution in [0.4, 0.5) is 8.78 Å². The topological polar surface area (TPSA) is 63.7 Å². The Bertz CT molecular complexity index is 886. The molecule has 0 aliphatic heterocycles. The fourth-order valence-electron chi connectivity index (χ4n) is 1.96. The normalized spacial score (nSPS) is 10.3. The zero-order valence-corrected chi connectivity index (χ0v) is 11.8. The van der Waals surface area contributed by atoms with Gasteiger partial charge in [-0.2, -0.15) is 15.0 Å². The van der Waals surface area contributed by atoms with Gasteiger partial charge < -0.3 is 4.74 Å². The summed E-state index contributed by atoms with van der Waals surface area (Å²) >= 11 is 0. The van der Waals surface area contributed by atoms with Crippen molar-refractivity contribution < 1.29 is 13.5 Å². The molecule has 0 N–H and O–H groups in total. The zero-order valence-electron chi connectivity index (χ0n) is 11.8. The third kappa shape index (κ3) is 3.16. The van der Waals surface area contributed by atoms with Gasteiger partial charge in [0, 0.05) is 18.3 Å². The number of hydrogen-bond donors (Lipinski definition) is 0. The maximum atomic E-state index is 13.2. The van der Waals surface area contributed by atoms with Crippen LogP contribution in [-0.4, -0.2) is 14.8 Å². The molecule has 5 nitrogen and oxygen atoms in total. The standard InChI is InChI=1S/C16H10F2N4O/c17-13-2-1-12(7-14(13)18)10-23-16-4-6-21-22(16)15-8-11(9-19)3-5-20-15/h1-8H,10H2. The van der Waals surface area contributed by atoms with Gasteiger partial charge in [-0.25, -0.2) is 13.8 Å². The summed E-state index contributed by atoms with van der Waals surface area (Å²) in [5.74, 6) is -1.04. The molecule has 0 saturated heterocycles. The van der Waals surface area contributed by atoms with Crippen molar-refractivity contribution in [3.05, 3.63) is 71.6 Å². The minimum Gasteiger partial charge on any atom is -0.473 e. The smallest absolute Gasteiger partial charge is 0.218 e. The average molecular weight is 312 g/mol. The third-order valence-corrected chi connectivity index (χ3v) is 3.07. The Kier molecular flexibility index (Phi) is 3.97. The quantitative estimate of drug-likeness (QED) is 0.743. The first-order valence-electron chi connectivity index (χ1n) is 6.64. The number of nitrogens with zero attached hydrogens (tertiary/aromatic N) is 4. The minimum absolute atomic E-state index is 0.0425. The van der Waals surface area contributed by atoms with Crippen LogP contribution >= 0.6 is 0 Å². The Balaban J connectivity index is 1.81. The number of nitriles is 1. The van der Waals surface area contributed by atoms with Gasteiger partial charge in [-0.3, -0.25) is 0 Å². The van der Waals surface area contributed by atoms with Crippen molar-refractivity contribution in [3.8, 4) is 17.8 Å². The van der Waals surface area contributed by atoms with E-state index in [-0.39, 0.29) is 6.61 Å². The van der Waals surface area contributed by atoms with Gasteiger partial charge >= 0.3 is 0 Å². The summed E-state index contributed by atoms with van der Waals surface area (Å²) in [7, 11) is 0. The van der Waals surface area contributed by atoms with Crippen molar-refractivity contribution in [2.75, 3.05) is 0 Å². The van der Waals surface area contributed by atoms with Gasteiger partial charge in [0.2, 0.25) is 5.88 Å². The summed E-state index contributed by atoms with van der Waals surface area (Å²) in [5.41, 5.74) is 0.924. The molecule has 2 heterocycles. The fourth-order valence-corrected chi connectivity index (χ4v) is 1.96. The maximum absolute atomic E-state index is 13.2. The number of benzene rings is 1. The number of halogens is 2. The molecule has 0 aliphatic rings. The summed E-state index contributed by atoms with van der Waals surface area (Å²) in [6.45, 7) is 0.0425. The van der Waals surface area contributed by atoms with Crippen molar-refractivity contribution in [2.45, 2.75) is 6.61 Å². The van der Waals surface area contributed by atoms with Crippen LogP contribution in [-0.2, 0) is 6.61 Å². The molecule has 0 bridgehead atoms. The number of hydrogen-bond acceptors (Lipinski definition) is 4. The van der Waals surface area contributed by atoms with Crippen LogP contribution in [0.2, 0.25) is 0 Å². The molecule has 0 atom stereocenters.